The molecule has 8 nitrogen and oxygen atoms in total. The minimum Gasteiger partial charge on any atom is -0.361 e. The molecule has 0 spiro atoms. The number of anilines is 1. The van der Waals surface area contributed by atoms with Gasteiger partial charge in [-0.25, -0.2) is 0 Å². The second-order valence-corrected chi connectivity index (χ2v) is 10.2. The number of H-pyrrole nitrogens is 1. The zero-order chi connectivity index (χ0) is 27.0. The van der Waals surface area contributed by atoms with E-state index in [-0.39, 0.29) is 17.7 Å². The van der Waals surface area contributed by atoms with Gasteiger partial charge in [-0.3, -0.25) is 14.4 Å². The lowest BCUT2D eigenvalue weighted by Crippen LogP contribution is -2.47. The molecule has 3 aromatic rings. The molecule has 0 radical (unpaired) electrons. The lowest BCUT2D eigenvalue weighted by molar-refractivity contribution is -0.128. The molecule has 2 N–H and O–H groups in total. The maximum absolute atomic E-state index is 13.2. The van der Waals surface area contributed by atoms with E-state index in [9.17, 15) is 14.4 Å². The summed E-state index contributed by atoms with van der Waals surface area (Å²) in [5, 5.41) is 2.98. The highest BCUT2D eigenvalue weighted by atomic mass is 16.2. The molecule has 1 saturated heterocycles. The van der Waals surface area contributed by atoms with Gasteiger partial charge in [-0.1, -0.05) is 36.4 Å². The lowest BCUT2D eigenvalue weighted by atomic mass is 9.93. The lowest BCUT2D eigenvalue weighted by Gasteiger charge is -2.32. The fraction of sp³-hybridized carbons (Fsp3) is 0.300. The summed E-state index contributed by atoms with van der Waals surface area (Å²) in [6.07, 6.45) is 3.88. The summed E-state index contributed by atoms with van der Waals surface area (Å²) < 4.78 is 0. The maximum Gasteiger partial charge on any atom is 0.256 e. The molecule has 0 saturated carbocycles. The van der Waals surface area contributed by atoms with Crippen LogP contribution < -0.4 is 5.32 Å². The van der Waals surface area contributed by atoms with Crippen molar-refractivity contribution >= 4 is 35.1 Å². The van der Waals surface area contributed by atoms with E-state index in [2.05, 4.69) is 22.2 Å². The number of piperazine rings is 1. The topological polar surface area (TPSA) is 88.7 Å². The van der Waals surface area contributed by atoms with Gasteiger partial charge in [0.1, 0.15) is 0 Å². The highest BCUT2D eigenvalue weighted by Gasteiger charge is 2.29. The Labute approximate surface area is 222 Å². The van der Waals surface area contributed by atoms with Crippen LogP contribution >= 0.6 is 0 Å². The number of benzene rings is 2. The van der Waals surface area contributed by atoms with Crippen LogP contribution in [0.2, 0.25) is 0 Å². The minimum absolute atomic E-state index is 0.0116. The van der Waals surface area contributed by atoms with Gasteiger partial charge >= 0.3 is 0 Å². The monoisotopic (exact) mass is 511 g/mol. The van der Waals surface area contributed by atoms with E-state index in [1.807, 2.05) is 60.4 Å². The predicted molar refractivity (Wildman–Crippen MR) is 150 cm³/mol. The summed E-state index contributed by atoms with van der Waals surface area (Å²) >= 11 is 0. The number of carbonyl (C=O) groups excluding carboxylic acids is 3. The zero-order valence-electron chi connectivity index (χ0n) is 22.3. The van der Waals surface area contributed by atoms with Gasteiger partial charge in [-0.15, -0.1) is 0 Å². The maximum atomic E-state index is 13.2. The van der Waals surface area contributed by atoms with Gasteiger partial charge in [-0.05, 0) is 48.4 Å². The third kappa shape index (κ3) is 4.87. The first kappa shape index (κ1) is 25.5. The molecule has 1 aromatic heterocycles. The van der Waals surface area contributed by atoms with Crippen LogP contribution in [0.1, 0.15) is 32.7 Å². The van der Waals surface area contributed by atoms with Crippen molar-refractivity contribution in [1.82, 2.24) is 19.7 Å². The Morgan fingerprint density at radius 2 is 1.79 bits per heavy atom. The van der Waals surface area contributed by atoms with E-state index in [1.165, 1.54) is 0 Å². The molecule has 38 heavy (non-hydrogen) atoms. The number of hydrogen-bond acceptors (Lipinski definition) is 4. The van der Waals surface area contributed by atoms with Crippen LogP contribution in [0, 0.1) is 6.92 Å². The van der Waals surface area contributed by atoms with Crippen molar-refractivity contribution in [2.45, 2.75) is 13.3 Å². The smallest absolute Gasteiger partial charge is 0.256 e. The molecule has 0 aliphatic carbocycles. The summed E-state index contributed by atoms with van der Waals surface area (Å²) in [7, 11) is 5.56. The number of carbonyl (C=O) groups is 3. The number of aromatic nitrogens is 1. The van der Waals surface area contributed by atoms with Crippen molar-refractivity contribution in [2.24, 2.45) is 0 Å². The van der Waals surface area contributed by atoms with Crippen LogP contribution in [0.25, 0.3) is 22.8 Å². The molecule has 0 atom stereocenters. The molecule has 0 unspecified atom stereocenters. The molecule has 0 bridgehead atoms. The zero-order valence-corrected chi connectivity index (χ0v) is 22.3. The Balaban J connectivity index is 1.49. The standard InChI is InChI=1S/C30H33N5O3/c1-19-24(30(38)35-13-11-34(4)12-14-35)18-31-26(19)17-23-28-22(9-6-10-25(28)32-29(23)37)21-8-5-7-20(15-21)16-27(36)33(2)3/h5-10,15,17-18,31H,11-14,16H2,1-4H3,(H,32,37). The molecule has 2 aliphatic rings. The van der Waals surface area contributed by atoms with Gasteiger partial charge in [-0.2, -0.15) is 0 Å². The van der Waals surface area contributed by atoms with Crippen LogP contribution in [-0.4, -0.2) is 84.7 Å². The molecule has 5 rings (SSSR count). The number of aromatic amines is 1. The number of amides is 3. The van der Waals surface area contributed by atoms with E-state index < -0.39 is 0 Å². The van der Waals surface area contributed by atoms with E-state index in [0.29, 0.717) is 30.6 Å². The fourth-order valence-corrected chi connectivity index (χ4v) is 5.02. The fourth-order valence-electron chi connectivity index (χ4n) is 5.02. The molecule has 3 amide bonds. The van der Waals surface area contributed by atoms with Crippen molar-refractivity contribution in [3.63, 3.8) is 0 Å². The number of nitrogens with one attached hydrogen (secondary N) is 2. The SMILES string of the molecule is Cc1c(C(=O)N2CCN(C)CC2)c[nH]c1C=C1C(=O)Nc2cccc(-c3cccc(CC(=O)N(C)C)c3)c21. The van der Waals surface area contributed by atoms with Gasteiger partial charge in [0.25, 0.3) is 11.8 Å². The Bertz CT molecular complexity index is 1440. The highest BCUT2D eigenvalue weighted by Crippen LogP contribution is 2.41. The second-order valence-electron chi connectivity index (χ2n) is 10.2. The third-order valence-electron chi connectivity index (χ3n) is 7.41. The van der Waals surface area contributed by atoms with Crippen LogP contribution in [0.3, 0.4) is 0 Å². The van der Waals surface area contributed by atoms with Crippen molar-refractivity contribution in [1.29, 1.82) is 0 Å². The van der Waals surface area contributed by atoms with Crippen LogP contribution in [-0.2, 0) is 16.0 Å². The average molecular weight is 512 g/mol. The molecule has 8 heteroatoms. The third-order valence-corrected chi connectivity index (χ3v) is 7.41. The molecule has 2 aliphatic heterocycles. The summed E-state index contributed by atoms with van der Waals surface area (Å²) in [5.41, 5.74) is 7.03. The van der Waals surface area contributed by atoms with E-state index in [0.717, 1.165) is 52.3 Å². The van der Waals surface area contributed by atoms with E-state index in [1.54, 1.807) is 25.2 Å². The number of likely N-dealkylation sites (N-methyl/N-ethyl adjacent to an activating group) is 2. The molecule has 2 aromatic carbocycles. The Morgan fingerprint density at radius 3 is 2.53 bits per heavy atom. The van der Waals surface area contributed by atoms with Gasteiger partial charge in [0.15, 0.2) is 0 Å². The summed E-state index contributed by atoms with van der Waals surface area (Å²) in [4.78, 5) is 47.5. The molecule has 196 valence electrons. The number of nitrogens with zero attached hydrogens (tertiary/aromatic N) is 3. The Morgan fingerprint density at radius 1 is 1.05 bits per heavy atom. The second kappa shape index (κ2) is 10.3. The van der Waals surface area contributed by atoms with Crippen LogP contribution in [0.15, 0.2) is 48.7 Å². The predicted octanol–water partition coefficient (Wildman–Crippen LogP) is 3.50. The number of fused-ring (bicyclic) bond motifs is 1. The molecule has 3 heterocycles. The van der Waals surface area contributed by atoms with Gasteiger partial charge in [0.05, 0.1) is 17.6 Å². The minimum atomic E-state index is -0.188. The summed E-state index contributed by atoms with van der Waals surface area (Å²) in [6.45, 7) is 5.03. The van der Waals surface area contributed by atoms with E-state index >= 15 is 0 Å². The highest BCUT2D eigenvalue weighted by molar-refractivity contribution is 6.36. The van der Waals surface area contributed by atoms with Crippen LogP contribution in [0.4, 0.5) is 5.69 Å². The number of hydrogen-bond donors (Lipinski definition) is 2. The normalized spacial score (nSPS) is 16.5. The first-order valence-electron chi connectivity index (χ1n) is 12.8. The van der Waals surface area contributed by atoms with Gasteiger partial charge < -0.3 is 25.0 Å². The molecular formula is C30H33N5O3. The molecule has 1 fully saturated rings. The van der Waals surface area contributed by atoms with Crippen molar-refractivity contribution in [3.8, 4) is 11.1 Å². The quantitative estimate of drug-likeness (QED) is 0.514. The summed E-state index contributed by atoms with van der Waals surface area (Å²) in [6, 6.07) is 13.7. The van der Waals surface area contributed by atoms with Gasteiger partial charge in [0, 0.05) is 63.4 Å². The summed E-state index contributed by atoms with van der Waals surface area (Å²) in [5.74, 6) is -0.146. The average Bonchev–Trinajstić information content (AvgIpc) is 3.43. The first-order valence-corrected chi connectivity index (χ1v) is 12.8. The van der Waals surface area contributed by atoms with Crippen LogP contribution in [0.5, 0.6) is 0 Å². The molecular weight excluding hydrogens is 478 g/mol. The van der Waals surface area contributed by atoms with E-state index in [4.69, 9.17) is 0 Å². The number of rotatable bonds is 5. The first-order chi connectivity index (χ1) is 18.2. The van der Waals surface area contributed by atoms with Crippen molar-refractivity contribution < 1.29 is 14.4 Å². The van der Waals surface area contributed by atoms with Gasteiger partial charge in [0.2, 0.25) is 5.91 Å². The van der Waals surface area contributed by atoms with Crippen molar-refractivity contribution in [3.05, 3.63) is 76.6 Å². The Kier molecular flexibility index (Phi) is 6.91. The Hall–Kier alpha value is -4.17. The van der Waals surface area contributed by atoms with Crippen molar-refractivity contribution in [2.75, 3.05) is 52.6 Å². The largest absolute Gasteiger partial charge is 0.361 e.